The van der Waals surface area contributed by atoms with Crippen LogP contribution in [0.3, 0.4) is 0 Å². The molecule has 0 radical (unpaired) electrons. The molecule has 0 aliphatic rings. The van der Waals surface area contributed by atoms with Crippen LogP contribution in [0.15, 0.2) is 0 Å². The van der Waals surface area contributed by atoms with Crippen molar-refractivity contribution in [2.45, 2.75) is 0 Å². The van der Waals surface area contributed by atoms with E-state index in [0.29, 0.717) is 0 Å². The molecule has 4 N–H and O–H groups in total. The Hall–Kier alpha value is -1.46. The minimum atomic E-state index is -1.16. The van der Waals surface area contributed by atoms with E-state index < -0.39 is 12.2 Å². The van der Waals surface area contributed by atoms with E-state index in [1.54, 1.807) is 0 Å². The lowest BCUT2D eigenvalue weighted by molar-refractivity contribution is 0.189. The third-order valence-corrected chi connectivity index (χ3v) is 0.677. The summed E-state index contributed by atoms with van der Waals surface area (Å²) >= 11 is 0. The van der Waals surface area contributed by atoms with Crippen LogP contribution in [-0.2, 0) is 0 Å². The Labute approximate surface area is 56.8 Å². The smallest absolute Gasteiger partial charge is 0.404 e. The van der Waals surface area contributed by atoms with Crippen molar-refractivity contribution in [1.82, 2.24) is 10.6 Å². The lowest BCUT2D eigenvalue weighted by atomic mass is 10.6. The highest BCUT2D eigenvalue weighted by molar-refractivity contribution is 5.65. The van der Waals surface area contributed by atoms with E-state index in [1.807, 2.05) is 10.6 Å². The highest BCUT2D eigenvalue weighted by atomic mass is 16.4. The number of amides is 2. The number of nitrogens with one attached hydrogen (secondary N) is 2. The largest absolute Gasteiger partial charge is 0.465 e. The summed E-state index contributed by atoms with van der Waals surface area (Å²) in [7, 11) is 0. The van der Waals surface area contributed by atoms with Gasteiger partial charge < -0.3 is 20.8 Å². The zero-order valence-electron chi connectivity index (χ0n) is 5.13. The van der Waals surface area contributed by atoms with E-state index >= 15 is 0 Å². The van der Waals surface area contributed by atoms with Gasteiger partial charge in [-0.25, -0.2) is 9.59 Å². The summed E-state index contributed by atoms with van der Waals surface area (Å²) in [6, 6.07) is 0. The molecule has 0 rings (SSSR count). The van der Waals surface area contributed by atoms with Crippen molar-refractivity contribution in [2.24, 2.45) is 0 Å². The first-order valence-corrected chi connectivity index (χ1v) is 2.56. The van der Waals surface area contributed by atoms with Crippen LogP contribution in [-0.4, -0.2) is 35.5 Å². The zero-order chi connectivity index (χ0) is 7.98. The summed E-state index contributed by atoms with van der Waals surface area (Å²) < 4.78 is 0. The molecule has 6 nitrogen and oxygen atoms in total. The second kappa shape index (κ2) is 4.42. The molecule has 0 bridgehead atoms. The normalized spacial score (nSPS) is 8.40. The fourth-order valence-corrected chi connectivity index (χ4v) is 0.339. The molecule has 0 saturated carbocycles. The van der Waals surface area contributed by atoms with Crippen molar-refractivity contribution in [3.63, 3.8) is 0 Å². The molecule has 0 atom stereocenters. The molecule has 2 amide bonds. The van der Waals surface area contributed by atoms with Gasteiger partial charge in [0.1, 0.15) is 0 Å². The van der Waals surface area contributed by atoms with Gasteiger partial charge >= 0.3 is 12.2 Å². The maximum atomic E-state index is 9.76. The summed E-state index contributed by atoms with van der Waals surface area (Å²) in [5, 5.41) is 20.0. The molecule has 0 aliphatic heterocycles. The Balaban J connectivity index is 3.06. The average Bonchev–Trinajstić information content (AvgIpc) is 1.79. The number of hydrogen-bond acceptors (Lipinski definition) is 2. The zero-order valence-corrected chi connectivity index (χ0v) is 5.13. The number of carbonyl (C=O) groups is 2. The topological polar surface area (TPSA) is 98.7 Å². The van der Waals surface area contributed by atoms with Crippen LogP contribution in [0.5, 0.6) is 0 Å². The Bertz CT molecular complexity index is 119. The van der Waals surface area contributed by atoms with Crippen LogP contribution in [0.25, 0.3) is 0 Å². The first-order valence-electron chi connectivity index (χ1n) is 2.56. The summed E-state index contributed by atoms with van der Waals surface area (Å²) in [6.45, 7) is 0.170. The maximum Gasteiger partial charge on any atom is 0.404 e. The van der Waals surface area contributed by atoms with E-state index in [0.717, 1.165) is 0 Å². The fourth-order valence-electron chi connectivity index (χ4n) is 0.339. The number of carboxylic acid groups (broad SMARTS) is 2. The Morgan fingerprint density at radius 1 is 1.00 bits per heavy atom. The van der Waals surface area contributed by atoms with Gasteiger partial charge in [-0.15, -0.1) is 0 Å². The Kier molecular flexibility index (Phi) is 3.78. The maximum absolute atomic E-state index is 9.76. The minimum Gasteiger partial charge on any atom is -0.465 e. The fraction of sp³-hybridized carbons (Fsp3) is 0.500. The molecule has 6 heteroatoms. The lowest BCUT2D eigenvalue weighted by Gasteiger charge is -1.99. The SMILES string of the molecule is O=C(O)NCCNC(=O)O. The summed E-state index contributed by atoms with van der Waals surface area (Å²) in [5.74, 6) is 0. The molecule has 58 valence electrons. The van der Waals surface area contributed by atoms with Crippen molar-refractivity contribution in [1.29, 1.82) is 0 Å². The summed E-state index contributed by atoms with van der Waals surface area (Å²) in [4.78, 5) is 19.5. The Morgan fingerprint density at radius 3 is 1.50 bits per heavy atom. The predicted molar refractivity (Wildman–Crippen MR) is 32.1 cm³/mol. The van der Waals surface area contributed by atoms with Gasteiger partial charge in [-0.2, -0.15) is 0 Å². The van der Waals surface area contributed by atoms with Crippen molar-refractivity contribution in [3.8, 4) is 0 Å². The van der Waals surface area contributed by atoms with Gasteiger partial charge in [-0.1, -0.05) is 0 Å². The molecule has 0 spiro atoms. The summed E-state index contributed by atoms with van der Waals surface area (Å²) in [5.41, 5.74) is 0. The molecule has 0 fully saturated rings. The lowest BCUT2D eigenvalue weighted by Crippen LogP contribution is -2.32. The quantitative estimate of drug-likeness (QED) is 0.406. The van der Waals surface area contributed by atoms with E-state index in [4.69, 9.17) is 10.2 Å². The second-order valence-corrected chi connectivity index (χ2v) is 1.46. The molecule has 0 aromatic rings. The van der Waals surface area contributed by atoms with E-state index in [2.05, 4.69) is 0 Å². The molecule has 0 unspecified atom stereocenters. The molecular formula is C4H8N2O4. The monoisotopic (exact) mass is 148 g/mol. The molecule has 0 heterocycles. The van der Waals surface area contributed by atoms with Gasteiger partial charge in [-0.3, -0.25) is 0 Å². The van der Waals surface area contributed by atoms with E-state index in [-0.39, 0.29) is 13.1 Å². The third kappa shape index (κ3) is 6.54. The number of hydrogen-bond donors (Lipinski definition) is 4. The summed E-state index contributed by atoms with van der Waals surface area (Å²) in [6.07, 6.45) is -2.32. The van der Waals surface area contributed by atoms with Gasteiger partial charge in [0.2, 0.25) is 0 Å². The standard InChI is InChI=1S/C4H8N2O4/c7-3(8)5-1-2-6-4(9)10/h5-6H,1-2H2,(H,7,8)(H,9,10). The molecule has 0 aromatic heterocycles. The van der Waals surface area contributed by atoms with Crippen molar-refractivity contribution in [3.05, 3.63) is 0 Å². The van der Waals surface area contributed by atoms with Crippen LogP contribution >= 0.6 is 0 Å². The molecule has 0 saturated heterocycles. The van der Waals surface area contributed by atoms with E-state index in [1.165, 1.54) is 0 Å². The van der Waals surface area contributed by atoms with Crippen molar-refractivity contribution >= 4 is 12.2 Å². The third-order valence-electron chi connectivity index (χ3n) is 0.677. The van der Waals surface area contributed by atoms with Crippen LogP contribution in [0.4, 0.5) is 9.59 Å². The first kappa shape index (κ1) is 8.54. The van der Waals surface area contributed by atoms with Gasteiger partial charge in [0.05, 0.1) is 0 Å². The predicted octanol–water partition coefficient (Wildman–Crippen LogP) is -0.478. The van der Waals surface area contributed by atoms with Crippen LogP contribution in [0.2, 0.25) is 0 Å². The van der Waals surface area contributed by atoms with Crippen molar-refractivity contribution < 1.29 is 19.8 Å². The first-order chi connectivity index (χ1) is 4.63. The van der Waals surface area contributed by atoms with Gasteiger partial charge in [-0.05, 0) is 0 Å². The minimum absolute atomic E-state index is 0.0850. The molecular weight excluding hydrogens is 140 g/mol. The van der Waals surface area contributed by atoms with Crippen molar-refractivity contribution in [2.75, 3.05) is 13.1 Å². The van der Waals surface area contributed by atoms with E-state index in [9.17, 15) is 9.59 Å². The van der Waals surface area contributed by atoms with Gasteiger partial charge in [0.15, 0.2) is 0 Å². The molecule has 0 aliphatic carbocycles. The molecule has 10 heavy (non-hydrogen) atoms. The van der Waals surface area contributed by atoms with Crippen LogP contribution in [0.1, 0.15) is 0 Å². The molecule has 0 aromatic carbocycles. The Morgan fingerprint density at radius 2 is 1.30 bits per heavy atom. The highest BCUT2D eigenvalue weighted by Crippen LogP contribution is 1.62. The van der Waals surface area contributed by atoms with Gasteiger partial charge in [0.25, 0.3) is 0 Å². The highest BCUT2D eigenvalue weighted by Gasteiger charge is 1.94. The van der Waals surface area contributed by atoms with Crippen LogP contribution < -0.4 is 10.6 Å². The number of rotatable bonds is 3. The van der Waals surface area contributed by atoms with Gasteiger partial charge in [0, 0.05) is 13.1 Å². The van der Waals surface area contributed by atoms with Crippen LogP contribution in [0, 0.1) is 0 Å². The second-order valence-electron chi connectivity index (χ2n) is 1.46. The average molecular weight is 148 g/mol.